The SMILES string of the molecule is COCOC(c1ccc(Oc2cc(C(=O)O)ncc2I)c(CC(C)C)n1)(C(F)(F)F)C(F)(F)F. The van der Waals surface area contributed by atoms with Crippen LogP contribution in [0.4, 0.5) is 26.3 Å². The van der Waals surface area contributed by atoms with Gasteiger partial charge in [0.15, 0.2) is 5.69 Å². The van der Waals surface area contributed by atoms with Crippen LogP contribution >= 0.6 is 22.6 Å². The highest BCUT2D eigenvalue weighted by molar-refractivity contribution is 14.1. The summed E-state index contributed by atoms with van der Waals surface area (Å²) in [6.07, 6.45) is -10.7. The minimum atomic E-state index is -5.93. The van der Waals surface area contributed by atoms with Crippen LogP contribution in [0.5, 0.6) is 11.5 Å². The quantitative estimate of drug-likeness (QED) is 0.222. The van der Waals surface area contributed by atoms with Crippen LogP contribution in [-0.2, 0) is 21.5 Å². The Morgan fingerprint density at radius 3 is 2.24 bits per heavy atom. The molecule has 2 heterocycles. The molecule has 0 aliphatic heterocycles. The summed E-state index contributed by atoms with van der Waals surface area (Å²) in [5.41, 5.74) is -6.77. The first kappa shape index (κ1) is 28.0. The maximum Gasteiger partial charge on any atom is 0.432 e. The van der Waals surface area contributed by atoms with E-state index in [1.165, 1.54) is 6.20 Å². The van der Waals surface area contributed by atoms with Crippen LogP contribution in [0, 0.1) is 9.49 Å². The van der Waals surface area contributed by atoms with Gasteiger partial charge in [-0.15, -0.1) is 0 Å². The number of methoxy groups -OCH3 is 1. The molecule has 7 nitrogen and oxygen atoms in total. The lowest BCUT2D eigenvalue weighted by atomic mass is 9.95. The van der Waals surface area contributed by atoms with Crippen molar-refractivity contribution in [3.8, 4) is 11.5 Å². The van der Waals surface area contributed by atoms with Crippen molar-refractivity contribution in [2.45, 2.75) is 38.2 Å². The summed E-state index contributed by atoms with van der Waals surface area (Å²) < 4.78 is 97.7. The van der Waals surface area contributed by atoms with Crippen LogP contribution in [0.1, 0.15) is 35.7 Å². The first-order chi connectivity index (χ1) is 15.6. The lowest BCUT2D eigenvalue weighted by Gasteiger charge is -2.36. The Morgan fingerprint density at radius 1 is 1.12 bits per heavy atom. The van der Waals surface area contributed by atoms with Gasteiger partial charge in [0.05, 0.1) is 15.0 Å². The molecule has 0 aromatic carbocycles. The minimum Gasteiger partial charge on any atom is -0.477 e. The van der Waals surface area contributed by atoms with E-state index in [0.29, 0.717) is 9.64 Å². The van der Waals surface area contributed by atoms with E-state index in [1.54, 1.807) is 36.4 Å². The maximum atomic E-state index is 13.9. The Bertz CT molecular complexity index is 1020. The number of pyridine rings is 2. The molecule has 0 amide bonds. The predicted molar refractivity (Wildman–Crippen MR) is 114 cm³/mol. The zero-order chi connectivity index (χ0) is 25.9. The fourth-order valence-corrected chi connectivity index (χ4v) is 3.29. The Hall–Kier alpha value is -2.20. The molecule has 0 bridgehead atoms. The number of carboxylic acid groups (broad SMARTS) is 1. The molecule has 0 fully saturated rings. The van der Waals surface area contributed by atoms with Crippen molar-refractivity contribution < 1.29 is 50.5 Å². The smallest absolute Gasteiger partial charge is 0.432 e. The standard InChI is InChI=1S/C20H19F6IN2O5/c1-10(2)6-12-14(34-15-7-13(17(30)31)28-8-11(15)27)4-5-16(29-12)18(19(21,22)23,20(24,25)26)33-9-32-3/h4-5,7-8,10H,6,9H2,1-3H3,(H,30,31). The number of hydrogen-bond acceptors (Lipinski definition) is 6. The summed E-state index contributed by atoms with van der Waals surface area (Å²) in [5, 5.41) is 9.12. The summed E-state index contributed by atoms with van der Waals surface area (Å²) in [6, 6.07) is 2.48. The van der Waals surface area contributed by atoms with Crippen LogP contribution in [0.15, 0.2) is 24.4 Å². The Labute approximate surface area is 203 Å². The van der Waals surface area contributed by atoms with E-state index in [0.717, 1.165) is 19.2 Å². The van der Waals surface area contributed by atoms with Gasteiger partial charge in [-0.3, -0.25) is 4.98 Å². The number of rotatable bonds is 9. The van der Waals surface area contributed by atoms with Gasteiger partial charge in [0.2, 0.25) is 0 Å². The molecule has 2 aromatic heterocycles. The Balaban J connectivity index is 2.69. The van der Waals surface area contributed by atoms with Gasteiger partial charge in [-0.1, -0.05) is 13.8 Å². The molecule has 2 rings (SSSR count). The van der Waals surface area contributed by atoms with Gasteiger partial charge in [0.25, 0.3) is 0 Å². The van der Waals surface area contributed by atoms with E-state index in [-0.39, 0.29) is 35.2 Å². The van der Waals surface area contributed by atoms with Crippen LogP contribution in [0.25, 0.3) is 0 Å². The Morgan fingerprint density at radius 2 is 1.74 bits per heavy atom. The number of hydrogen-bond donors (Lipinski definition) is 1. The summed E-state index contributed by atoms with van der Waals surface area (Å²) in [4.78, 5) is 18.6. The lowest BCUT2D eigenvalue weighted by Crippen LogP contribution is -2.56. The van der Waals surface area contributed by atoms with Crippen LogP contribution in [-0.4, -0.2) is 47.3 Å². The molecule has 34 heavy (non-hydrogen) atoms. The molecule has 0 radical (unpaired) electrons. The highest BCUT2D eigenvalue weighted by Crippen LogP contribution is 2.52. The van der Waals surface area contributed by atoms with Crippen LogP contribution in [0.3, 0.4) is 0 Å². The molecular formula is C20H19F6IN2O5. The molecule has 14 heteroatoms. The molecule has 188 valence electrons. The number of halogens is 7. The number of aromatic carboxylic acids is 1. The fraction of sp³-hybridized carbons (Fsp3) is 0.450. The summed E-state index contributed by atoms with van der Waals surface area (Å²) >= 11 is 1.79. The van der Waals surface area contributed by atoms with E-state index < -0.39 is 36.4 Å². The van der Waals surface area contributed by atoms with Crippen LogP contribution < -0.4 is 4.74 Å². The average Bonchev–Trinajstić information content (AvgIpc) is 2.69. The van der Waals surface area contributed by atoms with Gasteiger partial charge >= 0.3 is 23.9 Å². The molecule has 1 N–H and O–H groups in total. The van der Waals surface area contributed by atoms with Gasteiger partial charge in [-0.05, 0) is 47.1 Å². The van der Waals surface area contributed by atoms with E-state index in [4.69, 9.17) is 9.84 Å². The third kappa shape index (κ3) is 5.89. The minimum absolute atomic E-state index is 0.0129. The highest BCUT2D eigenvalue weighted by atomic mass is 127. The van der Waals surface area contributed by atoms with E-state index >= 15 is 0 Å². The first-order valence-corrected chi connectivity index (χ1v) is 10.5. The molecule has 0 saturated heterocycles. The zero-order valence-corrected chi connectivity index (χ0v) is 20.1. The molecule has 0 aliphatic carbocycles. The number of aromatic nitrogens is 2. The summed E-state index contributed by atoms with van der Waals surface area (Å²) in [7, 11) is 0.883. The normalized spacial score (nSPS) is 12.8. The van der Waals surface area contributed by atoms with Gasteiger partial charge < -0.3 is 19.3 Å². The van der Waals surface area contributed by atoms with E-state index in [1.807, 2.05) is 0 Å². The molecule has 0 atom stereocenters. The molecule has 0 aliphatic rings. The molecule has 0 saturated carbocycles. The molecule has 0 unspecified atom stereocenters. The van der Waals surface area contributed by atoms with Crippen molar-refractivity contribution in [1.82, 2.24) is 9.97 Å². The van der Waals surface area contributed by atoms with Crippen molar-refractivity contribution in [2.24, 2.45) is 5.92 Å². The van der Waals surface area contributed by atoms with E-state index in [2.05, 4.69) is 19.4 Å². The molecular weight excluding hydrogens is 589 g/mol. The number of carbonyl (C=O) groups is 1. The van der Waals surface area contributed by atoms with Gasteiger partial charge in [-0.2, -0.15) is 26.3 Å². The monoisotopic (exact) mass is 608 g/mol. The topological polar surface area (TPSA) is 90.8 Å². The van der Waals surface area contributed by atoms with Gasteiger partial charge in [0, 0.05) is 19.4 Å². The lowest BCUT2D eigenvalue weighted by molar-refractivity contribution is -0.401. The summed E-state index contributed by atoms with van der Waals surface area (Å²) in [5.74, 6) is -1.75. The van der Waals surface area contributed by atoms with Gasteiger partial charge in [-0.25, -0.2) is 9.78 Å². The summed E-state index contributed by atoms with van der Waals surface area (Å²) in [6.45, 7) is 2.06. The maximum absolute atomic E-state index is 13.9. The largest absolute Gasteiger partial charge is 0.477 e. The predicted octanol–water partition coefficient (Wildman–Crippen LogP) is 5.71. The second-order valence-electron chi connectivity index (χ2n) is 7.37. The number of nitrogens with zero attached hydrogens (tertiary/aromatic N) is 2. The van der Waals surface area contributed by atoms with E-state index in [9.17, 15) is 31.1 Å². The van der Waals surface area contributed by atoms with Crippen LogP contribution in [0.2, 0.25) is 0 Å². The molecule has 2 aromatic rings. The second-order valence-corrected chi connectivity index (χ2v) is 8.54. The third-order valence-electron chi connectivity index (χ3n) is 4.35. The third-order valence-corrected chi connectivity index (χ3v) is 5.16. The van der Waals surface area contributed by atoms with Crippen molar-refractivity contribution in [2.75, 3.05) is 13.9 Å². The van der Waals surface area contributed by atoms with Crippen molar-refractivity contribution in [1.29, 1.82) is 0 Å². The highest BCUT2D eigenvalue weighted by Gasteiger charge is 2.74. The second kappa shape index (κ2) is 10.6. The number of carboxylic acids is 1. The Kier molecular flexibility index (Phi) is 8.74. The number of ether oxygens (including phenoxy) is 3. The van der Waals surface area contributed by atoms with Crippen molar-refractivity contribution in [3.05, 3.63) is 45.0 Å². The first-order valence-electron chi connectivity index (χ1n) is 9.47. The van der Waals surface area contributed by atoms with Crippen molar-refractivity contribution in [3.63, 3.8) is 0 Å². The van der Waals surface area contributed by atoms with Crippen molar-refractivity contribution >= 4 is 28.6 Å². The fourth-order valence-electron chi connectivity index (χ4n) is 2.88. The number of alkyl halides is 6. The molecule has 0 spiro atoms. The zero-order valence-electron chi connectivity index (χ0n) is 17.9. The average molecular weight is 608 g/mol. The van der Waals surface area contributed by atoms with Gasteiger partial charge in [0.1, 0.15) is 18.3 Å².